The third-order valence-electron chi connectivity index (χ3n) is 5.76. The molecule has 2 rings (SSSR count). The Bertz CT molecular complexity index is 1020. The van der Waals surface area contributed by atoms with Crippen molar-refractivity contribution in [3.05, 3.63) is 36.0 Å². The van der Waals surface area contributed by atoms with Gasteiger partial charge in [0.25, 0.3) is 0 Å². The first kappa shape index (κ1) is 27.8. The fraction of sp³-hybridized carbons (Fsp3) is 0.500. The first-order valence-corrected chi connectivity index (χ1v) is 11.7. The Balaban J connectivity index is 2.04. The summed E-state index contributed by atoms with van der Waals surface area (Å²) >= 11 is 0. The second-order valence-corrected chi connectivity index (χ2v) is 8.86. The van der Waals surface area contributed by atoms with Gasteiger partial charge >= 0.3 is 5.97 Å². The number of benzene rings is 1. The van der Waals surface area contributed by atoms with E-state index >= 15 is 0 Å². The number of aliphatic carboxylic acids is 1. The Morgan fingerprint density at radius 1 is 1.03 bits per heavy atom. The van der Waals surface area contributed by atoms with Gasteiger partial charge < -0.3 is 37.5 Å². The maximum Gasteiger partial charge on any atom is 0.326 e. The normalized spacial score (nSPS) is 13.7. The molecule has 0 aliphatic rings. The molecule has 0 saturated heterocycles. The van der Waals surface area contributed by atoms with Crippen LogP contribution >= 0.6 is 0 Å². The largest absolute Gasteiger partial charge is 0.480 e. The van der Waals surface area contributed by atoms with Gasteiger partial charge in [-0.3, -0.25) is 14.4 Å². The molecule has 0 radical (unpaired) electrons. The molecular formula is C24H36N6O5. The number of carbonyl (C=O) groups is 4. The van der Waals surface area contributed by atoms with Gasteiger partial charge in [-0.25, -0.2) is 4.79 Å². The number of rotatable bonds is 14. The average Bonchev–Trinajstić information content (AvgIpc) is 3.23. The van der Waals surface area contributed by atoms with Crippen LogP contribution in [0.2, 0.25) is 0 Å². The zero-order valence-electron chi connectivity index (χ0n) is 20.2. The SMILES string of the molecule is CC(C)C(N)C(=O)NCC(=O)NC(CCCCN)C(=O)NC(Cc1c[nH]c2ccccc12)C(=O)O. The van der Waals surface area contributed by atoms with Crippen LogP contribution in [0.15, 0.2) is 30.5 Å². The van der Waals surface area contributed by atoms with E-state index in [0.29, 0.717) is 19.4 Å². The second-order valence-electron chi connectivity index (χ2n) is 8.86. The number of nitrogens with two attached hydrogens (primary N) is 2. The zero-order valence-corrected chi connectivity index (χ0v) is 20.2. The van der Waals surface area contributed by atoms with Gasteiger partial charge in [0.15, 0.2) is 0 Å². The van der Waals surface area contributed by atoms with Crippen LogP contribution in [0.1, 0.15) is 38.7 Å². The van der Waals surface area contributed by atoms with Crippen molar-refractivity contribution in [1.29, 1.82) is 0 Å². The van der Waals surface area contributed by atoms with Crippen LogP contribution < -0.4 is 27.4 Å². The lowest BCUT2D eigenvalue weighted by Gasteiger charge is -2.22. The highest BCUT2D eigenvalue weighted by atomic mass is 16.4. The number of unbranched alkanes of at least 4 members (excludes halogenated alkanes) is 1. The number of carboxylic acids is 1. The van der Waals surface area contributed by atoms with Crippen LogP contribution in [0, 0.1) is 5.92 Å². The number of H-pyrrole nitrogens is 1. The summed E-state index contributed by atoms with van der Waals surface area (Å²) in [6.07, 6.45) is 3.25. The molecular weight excluding hydrogens is 452 g/mol. The Labute approximate surface area is 204 Å². The van der Waals surface area contributed by atoms with Crippen LogP contribution in [0.25, 0.3) is 10.9 Å². The van der Waals surface area contributed by atoms with Gasteiger partial charge in [0.1, 0.15) is 12.1 Å². The number of hydrogen-bond acceptors (Lipinski definition) is 6. The highest BCUT2D eigenvalue weighted by Gasteiger charge is 2.27. The standard InChI is InChI=1S/C24H36N6O5/c1-14(2)21(26)23(33)28-13-20(31)29-18(9-5-6-10-25)22(32)30-19(24(34)35)11-15-12-27-17-8-4-3-7-16(15)17/h3-4,7-8,12,14,18-19,21,27H,5-6,9-11,13,25-26H2,1-2H3,(H,28,33)(H,29,31)(H,30,32)(H,34,35). The molecule has 2 aromatic rings. The number of para-hydroxylation sites is 1. The quantitative estimate of drug-likeness (QED) is 0.182. The summed E-state index contributed by atoms with van der Waals surface area (Å²) in [7, 11) is 0. The molecule has 3 unspecified atom stereocenters. The van der Waals surface area contributed by atoms with E-state index in [9.17, 15) is 24.3 Å². The molecule has 11 nitrogen and oxygen atoms in total. The molecule has 0 aliphatic heterocycles. The zero-order chi connectivity index (χ0) is 26.0. The van der Waals surface area contributed by atoms with E-state index < -0.39 is 41.8 Å². The number of carboxylic acid groups (broad SMARTS) is 1. The first-order valence-electron chi connectivity index (χ1n) is 11.7. The summed E-state index contributed by atoms with van der Waals surface area (Å²) in [6.45, 7) is 3.65. The number of fused-ring (bicyclic) bond motifs is 1. The molecule has 0 saturated carbocycles. The maximum absolute atomic E-state index is 13.0. The summed E-state index contributed by atoms with van der Waals surface area (Å²) in [5.74, 6) is -2.95. The van der Waals surface area contributed by atoms with Gasteiger partial charge in [-0.1, -0.05) is 32.0 Å². The number of amides is 3. The summed E-state index contributed by atoms with van der Waals surface area (Å²) in [5.41, 5.74) is 12.9. The molecule has 192 valence electrons. The van der Waals surface area contributed by atoms with Crippen molar-refractivity contribution >= 4 is 34.6 Å². The lowest BCUT2D eigenvalue weighted by Crippen LogP contribution is -2.54. The molecule has 1 aromatic heterocycles. The Kier molecular flexibility index (Phi) is 10.7. The summed E-state index contributed by atoms with van der Waals surface area (Å²) in [4.78, 5) is 52.4. The van der Waals surface area contributed by atoms with Crippen LogP contribution in [0.3, 0.4) is 0 Å². The van der Waals surface area contributed by atoms with Gasteiger partial charge in [0.05, 0.1) is 12.6 Å². The number of aromatic nitrogens is 1. The molecule has 11 heteroatoms. The van der Waals surface area contributed by atoms with Crippen molar-refractivity contribution in [2.75, 3.05) is 13.1 Å². The molecule has 3 atom stereocenters. The molecule has 0 aliphatic carbocycles. The van der Waals surface area contributed by atoms with Crippen molar-refractivity contribution in [3.63, 3.8) is 0 Å². The lowest BCUT2D eigenvalue weighted by molar-refractivity contribution is -0.142. The van der Waals surface area contributed by atoms with E-state index in [1.54, 1.807) is 20.0 Å². The number of nitrogens with one attached hydrogen (secondary N) is 4. The summed E-state index contributed by atoms with van der Waals surface area (Å²) < 4.78 is 0. The molecule has 35 heavy (non-hydrogen) atoms. The average molecular weight is 489 g/mol. The van der Waals surface area contributed by atoms with Crippen molar-refractivity contribution in [1.82, 2.24) is 20.9 Å². The number of hydrogen-bond donors (Lipinski definition) is 7. The van der Waals surface area contributed by atoms with Crippen molar-refractivity contribution in [2.24, 2.45) is 17.4 Å². The van der Waals surface area contributed by atoms with Crippen molar-refractivity contribution in [2.45, 2.75) is 57.7 Å². The van der Waals surface area contributed by atoms with Crippen LogP contribution in [-0.4, -0.2) is 65.0 Å². The molecule has 9 N–H and O–H groups in total. The van der Waals surface area contributed by atoms with E-state index in [1.807, 2.05) is 24.3 Å². The monoisotopic (exact) mass is 488 g/mol. The Hall–Kier alpha value is -3.44. The minimum Gasteiger partial charge on any atom is -0.480 e. The molecule has 1 heterocycles. The number of aromatic amines is 1. The number of carbonyl (C=O) groups excluding carboxylic acids is 3. The van der Waals surface area contributed by atoms with E-state index in [1.165, 1.54) is 0 Å². The lowest BCUT2D eigenvalue weighted by atomic mass is 10.0. The van der Waals surface area contributed by atoms with E-state index in [0.717, 1.165) is 16.5 Å². The van der Waals surface area contributed by atoms with E-state index in [4.69, 9.17) is 11.5 Å². The van der Waals surface area contributed by atoms with Crippen molar-refractivity contribution < 1.29 is 24.3 Å². The van der Waals surface area contributed by atoms with Gasteiger partial charge in [-0.2, -0.15) is 0 Å². The smallest absolute Gasteiger partial charge is 0.326 e. The molecule has 0 spiro atoms. The van der Waals surface area contributed by atoms with E-state index in [2.05, 4.69) is 20.9 Å². The fourth-order valence-corrected chi connectivity index (χ4v) is 3.59. The minimum atomic E-state index is -1.20. The van der Waals surface area contributed by atoms with E-state index in [-0.39, 0.29) is 25.3 Å². The Morgan fingerprint density at radius 3 is 2.40 bits per heavy atom. The molecule has 0 bridgehead atoms. The molecule has 3 amide bonds. The molecule has 0 fully saturated rings. The van der Waals surface area contributed by atoms with Crippen LogP contribution in [-0.2, 0) is 25.6 Å². The predicted octanol–water partition coefficient (Wildman–Crippen LogP) is -0.00690. The Morgan fingerprint density at radius 2 is 1.74 bits per heavy atom. The maximum atomic E-state index is 13.0. The van der Waals surface area contributed by atoms with Gasteiger partial charge in [0.2, 0.25) is 17.7 Å². The highest BCUT2D eigenvalue weighted by molar-refractivity contribution is 5.93. The third-order valence-corrected chi connectivity index (χ3v) is 5.76. The minimum absolute atomic E-state index is 0.0672. The summed E-state index contributed by atoms with van der Waals surface area (Å²) in [5, 5.41) is 18.2. The first-order chi connectivity index (χ1) is 16.6. The van der Waals surface area contributed by atoms with Crippen molar-refractivity contribution in [3.8, 4) is 0 Å². The van der Waals surface area contributed by atoms with Crippen LogP contribution in [0.4, 0.5) is 0 Å². The topological polar surface area (TPSA) is 192 Å². The predicted molar refractivity (Wildman–Crippen MR) is 132 cm³/mol. The fourth-order valence-electron chi connectivity index (χ4n) is 3.59. The van der Waals surface area contributed by atoms with Gasteiger partial charge in [-0.05, 0) is 43.4 Å². The molecule has 1 aromatic carbocycles. The van der Waals surface area contributed by atoms with Gasteiger partial charge in [0, 0.05) is 23.5 Å². The van der Waals surface area contributed by atoms with Crippen LogP contribution in [0.5, 0.6) is 0 Å². The highest BCUT2D eigenvalue weighted by Crippen LogP contribution is 2.19. The van der Waals surface area contributed by atoms with Gasteiger partial charge in [-0.15, -0.1) is 0 Å². The third kappa shape index (κ3) is 8.37. The summed E-state index contributed by atoms with van der Waals surface area (Å²) in [6, 6.07) is 4.54. The second kappa shape index (κ2) is 13.4.